The zero-order chi connectivity index (χ0) is 16.4. The third-order valence-electron chi connectivity index (χ3n) is 3.78. The molecule has 0 unspecified atom stereocenters. The number of ether oxygens (including phenoxy) is 1. The van der Waals surface area contributed by atoms with Crippen LogP contribution in [0.4, 0.5) is 5.13 Å². The number of amides is 1. The summed E-state index contributed by atoms with van der Waals surface area (Å²) >= 11 is 1.41. The average Bonchev–Trinajstić information content (AvgIpc) is 3.14. The maximum absolute atomic E-state index is 12.1. The monoisotopic (exact) mass is 331 g/mol. The van der Waals surface area contributed by atoms with Crippen LogP contribution in [0.25, 0.3) is 11.3 Å². The third kappa shape index (κ3) is 3.71. The van der Waals surface area contributed by atoms with Crippen LogP contribution in [0.3, 0.4) is 0 Å². The van der Waals surface area contributed by atoms with Crippen molar-refractivity contribution >= 4 is 22.4 Å². The normalized spacial score (nSPS) is 14.4. The second-order valence-electron chi connectivity index (χ2n) is 6.18. The Labute approximate surface area is 139 Å². The van der Waals surface area contributed by atoms with E-state index in [0.29, 0.717) is 17.5 Å². The van der Waals surface area contributed by atoms with Gasteiger partial charge in [-0.05, 0) is 36.1 Å². The zero-order valence-corrected chi connectivity index (χ0v) is 14.2. The van der Waals surface area contributed by atoms with Crippen molar-refractivity contribution in [3.8, 4) is 17.0 Å². The molecule has 122 valence electrons. The number of thiazole rings is 1. The minimum Gasteiger partial charge on any atom is -0.493 e. The zero-order valence-electron chi connectivity index (χ0n) is 13.3. The molecular formula is C17H21N3O2S. The largest absolute Gasteiger partial charge is 0.493 e. The minimum atomic E-state index is -0.500. The van der Waals surface area contributed by atoms with E-state index in [0.717, 1.165) is 30.0 Å². The fourth-order valence-corrected chi connectivity index (χ4v) is 3.35. The highest BCUT2D eigenvalue weighted by molar-refractivity contribution is 7.14. The highest BCUT2D eigenvalue weighted by Gasteiger charge is 2.17. The first-order chi connectivity index (χ1) is 11.0. The van der Waals surface area contributed by atoms with Gasteiger partial charge in [0.25, 0.3) is 0 Å². The second-order valence-corrected chi connectivity index (χ2v) is 7.04. The number of anilines is 1. The molecule has 1 aliphatic heterocycles. The fourth-order valence-electron chi connectivity index (χ4n) is 2.62. The van der Waals surface area contributed by atoms with Gasteiger partial charge in [-0.2, -0.15) is 0 Å². The molecule has 0 aliphatic carbocycles. The topological polar surface area (TPSA) is 77.2 Å². The number of nitrogens with zero attached hydrogens (tertiary/aromatic N) is 1. The van der Waals surface area contributed by atoms with Gasteiger partial charge in [0.15, 0.2) is 5.13 Å². The molecule has 0 radical (unpaired) electrons. The Morgan fingerprint density at radius 2 is 2.30 bits per heavy atom. The van der Waals surface area contributed by atoms with Gasteiger partial charge in [-0.1, -0.05) is 13.8 Å². The lowest BCUT2D eigenvalue weighted by atomic mass is 10.0. The number of benzene rings is 1. The number of carbonyl (C=O) groups is 1. The van der Waals surface area contributed by atoms with Crippen LogP contribution in [0, 0.1) is 5.92 Å². The van der Waals surface area contributed by atoms with Crippen molar-refractivity contribution in [2.24, 2.45) is 11.7 Å². The number of aromatic nitrogens is 1. The van der Waals surface area contributed by atoms with E-state index in [4.69, 9.17) is 10.5 Å². The van der Waals surface area contributed by atoms with Gasteiger partial charge in [-0.3, -0.25) is 4.79 Å². The number of rotatable bonds is 5. The SMILES string of the molecule is CC(C)C[C@H](N)C(=O)Nc1nc(-c2ccc3c(c2)CCO3)cs1. The molecule has 0 saturated heterocycles. The third-order valence-corrected chi connectivity index (χ3v) is 4.54. The van der Waals surface area contributed by atoms with E-state index in [1.807, 2.05) is 31.4 Å². The van der Waals surface area contributed by atoms with Gasteiger partial charge >= 0.3 is 0 Å². The van der Waals surface area contributed by atoms with Gasteiger partial charge in [0.05, 0.1) is 18.3 Å². The molecule has 3 N–H and O–H groups in total. The van der Waals surface area contributed by atoms with Crippen LogP contribution in [0.15, 0.2) is 23.6 Å². The Hall–Kier alpha value is -1.92. The van der Waals surface area contributed by atoms with Crippen molar-refractivity contribution in [3.05, 3.63) is 29.1 Å². The van der Waals surface area contributed by atoms with Crippen LogP contribution in [0.1, 0.15) is 25.8 Å². The van der Waals surface area contributed by atoms with Crippen molar-refractivity contribution in [2.75, 3.05) is 11.9 Å². The molecule has 2 heterocycles. The van der Waals surface area contributed by atoms with E-state index in [1.54, 1.807) is 0 Å². The maximum atomic E-state index is 12.1. The number of nitrogens with one attached hydrogen (secondary N) is 1. The molecule has 1 aromatic carbocycles. The van der Waals surface area contributed by atoms with Gasteiger partial charge in [-0.25, -0.2) is 4.98 Å². The fraction of sp³-hybridized carbons (Fsp3) is 0.412. The summed E-state index contributed by atoms with van der Waals surface area (Å²) in [4.78, 5) is 16.6. The van der Waals surface area contributed by atoms with Crippen LogP contribution in [-0.2, 0) is 11.2 Å². The summed E-state index contributed by atoms with van der Waals surface area (Å²) in [5.41, 5.74) is 9.00. The molecule has 1 aliphatic rings. The summed E-state index contributed by atoms with van der Waals surface area (Å²) in [6.07, 6.45) is 1.59. The van der Waals surface area contributed by atoms with Crippen LogP contribution >= 0.6 is 11.3 Å². The van der Waals surface area contributed by atoms with E-state index in [-0.39, 0.29) is 5.91 Å². The molecule has 1 atom stereocenters. The van der Waals surface area contributed by atoms with E-state index < -0.39 is 6.04 Å². The summed E-state index contributed by atoms with van der Waals surface area (Å²) in [5, 5.41) is 5.34. The number of nitrogens with two attached hydrogens (primary N) is 1. The Kier molecular flexibility index (Phi) is 4.63. The predicted octanol–water partition coefficient (Wildman–Crippen LogP) is 3.06. The van der Waals surface area contributed by atoms with Crippen molar-refractivity contribution in [1.29, 1.82) is 0 Å². The molecule has 0 bridgehead atoms. The Morgan fingerprint density at radius 3 is 3.09 bits per heavy atom. The number of hydrogen-bond acceptors (Lipinski definition) is 5. The molecule has 1 aromatic heterocycles. The highest BCUT2D eigenvalue weighted by atomic mass is 32.1. The van der Waals surface area contributed by atoms with Crippen molar-refractivity contribution < 1.29 is 9.53 Å². The summed E-state index contributed by atoms with van der Waals surface area (Å²) in [7, 11) is 0. The molecular weight excluding hydrogens is 310 g/mol. The summed E-state index contributed by atoms with van der Waals surface area (Å²) in [6, 6.07) is 5.58. The minimum absolute atomic E-state index is 0.179. The first kappa shape index (κ1) is 16.0. The Morgan fingerprint density at radius 1 is 1.48 bits per heavy atom. The first-order valence-corrected chi connectivity index (χ1v) is 8.69. The van der Waals surface area contributed by atoms with Crippen LogP contribution in [-0.4, -0.2) is 23.5 Å². The summed E-state index contributed by atoms with van der Waals surface area (Å²) < 4.78 is 5.52. The van der Waals surface area contributed by atoms with E-state index in [1.165, 1.54) is 16.9 Å². The maximum Gasteiger partial charge on any atom is 0.243 e. The van der Waals surface area contributed by atoms with Crippen molar-refractivity contribution in [1.82, 2.24) is 4.98 Å². The lowest BCUT2D eigenvalue weighted by Gasteiger charge is -2.12. The number of fused-ring (bicyclic) bond motifs is 1. The number of hydrogen-bond donors (Lipinski definition) is 2. The molecule has 6 heteroatoms. The highest BCUT2D eigenvalue weighted by Crippen LogP contribution is 2.31. The van der Waals surface area contributed by atoms with E-state index in [9.17, 15) is 4.79 Å². The smallest absolute Gasteiger partial charge is 0.243 e. The van der Waals surface area contributed by atoms with Crippen molar-refractivity contribution in [2.45, 2.75) is 32.7 Å². The molecule has 0 saturated carbocycles. The van der Waals surface area contributed by atoms with Gasteiger partial charge in [-0.15, -0.1) is 11.3 Å². The molecule has 2 aromatic rings. The molecule has 1 amide bonds. The van der Waals surface area contributed by atoms with Crippen LogP contribution in [0.2, 0.25) is 0 Å². The number of carbonyl (C=O) groups excluding carboxylic acids is 1. The van der Waals surface area contributed by atoms with Gasteiger partial charge in [0.1, 0.15) is 5.75 Å². The molecule has 23 heavy (non-hydrogen) atoms. The summed E-state index contributed by atoms with van der Waals surface area (Å²) in [5.74, 6) is 1.16. The molecule has 0 fully saturated rings. The predicted molar refractivity (Wildman–Crippen MR) is 92.8 cm³/mol. The average molecular weight is 331 g/mol. The lowest BCUT2D eigenvalue weighted by Crippen LogP contribution is -2.36. The van der Waals surface area contributed by atoms with Crippen molar-refractivity contribution in [3.63, 3.8) is 0 Å². The molecule has 5 nitrogen and oxygen atoms in total. The molecule has 3 rings (SSSR count). The van der Waals surface area contributed by atoms with Gasteiger partial charge in [0, 0.05) is 17.4 Å². The van der Waals surface area contributed by atoms with E-state index in [2.05, 4.69) is 16.4 Å². The van der Waals surface area contributed by atoms with Crippen LogP contribution < -0.4 is 15.8 Å². The molecule has 0 spiro atoms. The Balaban J connectivity index is 1.70. The lowest BCUT2D eigenvalue weighted by molar-refractivity contribution is -0.117. The Bertz CT molecular complexity index is 712. The first-order valence-electron chi connectivity index (χ1n) is 7.81. The standard InChI is InChI=1S/C17H21N3O2S/c1-10(2)7-13(18)16(21)20-17-19-14(9-23-17)11-3-4-15-12(8-11)5-6-22-15/h3-4,8-10,13H,5-7,18H2,1-2H3,(H,19,20,21)/t13-/m0/s1. The van der Waals surface area contributed by atoms with Gasteiger partial charge < -0.3 is 15.8 Å². The quantitative estimate of drug-likeness (QED) is 0.883. The van der Waals surface area contributed by atoms with Crippen LogP contribution in [0.5, 0.6) is 5.75 Å². The van der Waals surface area contributed by atoms with Gasteiger partial charge in [0.2, 0.25) is 5.91 Å². The second kappa shape index (κ2) is 6.68. The van der Waals surface area contributed by atoms with E-state index >= 15 is 0 Å². The summed E-state index contributed by atoms with van der Waals surface area (Å²) in [6.45, 7) is 4.84.